The lowest BCUT2D eigenvalue weighted by molar-refractivity contribution is -0.157. The molecule has 2 amide bonds. The summed E-state index contributed by atoms with van der Waals surface area (Å²) in [5, 5.41) is 24.5. The lowest BCUT2D eigenvalue weighted by Crippen LogP contribution is -2.64. The summed E-state index contributed by atoms with van der Waals surface area (Å²) in [5.41, 5.74) is -0.147. The zero-order valence-electron chi connectivity index (χ0n) is 19.9. The molecule has 10 heteroatoms. The molecule has 0 aliphatic rings. The highest BCUT2D eigenvalue weighted by atomic mass is 16.5. The van der Waals surface area contributed by atoms with Crippen LogP contribution in [-0.4, -0.2) is 53.8 Å². The zero-order chi connectivity index (χ0) is 26.2. The predicted molar refractivity (Wildman–Crippen MR) is 129 cm³/mol. The Hall–Kier alpha value is -3.76. The van der Waals surface area contributed by atoms with Crippen LogP contribution < -0.4 is 10.6 Å². The summed E-state index contributed by atoms with van der Waals surface area (Å²) in [6, 6.07) is 18.0. The van der Waals surface area contributed by atoms with Crippen molar-refractivity contribution in [3.05, 3.63) is 71.8 Å². The highest BCUT2D eigenvalue weighted by molar-refractivity contribution is 5.76. The molecule has 0 saturated heterocycles. The number of benzene rings is 2. The average molecular weight is 501 g/mol. The zero-order valence-corrected chi connectivity index (χ0v) is 19.9. The predicted octanol–water partition coefficient (Wildman–Crippen LogP) is 1.05. The Morgan fingerprint density at radius 1 is 0.806 bits per heavy atom. The van der Waals surface area contributed by atoms with Crippen LogP contribution in [0.25, 0.3) is 0 Å². The molecule has 0 heterocycles. The van der Waals surface area contributed by atoms with E-state index in [1.165, 1.54) is 0 Å². The largest absolute Gasteiger partial charge is 0.461 e. The number of rotatable bonds is 17. The van der Waals surface area contributed by atoms with Gasteiger partial charge in [0.25, 0.3) is 0 Å². The molecule has 0 aliphatic carbocycles. The second kappa shape index (κ2) is 15.3. The molecule has 36 heavy (non-hydrogen) atoms. The van der Waals surface area contributed by atoms with Gasteiger partial charge in [0.15, 0.2) is 0 Å². The Bertz CT molecular complexity index is 945. The third-order valence-electron chi connectivity index (χ3n) is 5.82. The normalized spacial score (nSPS) is 12.6. The molecule has 0 aliphatic heterocycles. The lowest BCUT2D eigenvalue weighted by atomic mass is 9.86. The third kappa shape index (κ3) is 8.47. The summed E-state index contributed by atoms with van der Waals surface area (Å²) >= 11 is 0. The van der Waals surface area contributed by atoms with Crippen molar-refractivity contribution in [1.82, 2.24) is 10.6 Å². The average Bonchev–Trinajstić information content (AvgIpc) is 2.90. The minimum absolute atomic E-state index is 0.0292. The van der Waals surface area contributed by atoms with Gasteiger partial charge in [0.1, 0.15) is 24.8 Å². The van der Waals surface area contributed by atoms with Crippen molar-refractivity contribution in [2.24, 2.45) is 11.8 Å². The van der Waals surface area contributed by atoms with Crippen LogP contribution in [0.3, 0.4) is 0 Å². The first kappa shape index (κ1) is 28.5. The quantitative estimate of drug-likeness (QED) is 0.143. The Kier molecular flexibility index (Phi) is 12.1. The summed E-state index contributed by atoms with van der Waals surface area (Å²) in [6.45, 7) is -1.20. The fourth-order valence-electron chi connectivity index (χ4n) is 3.79. The number of aliphatic hydroxyl groups is 2. The molecule has 0 fully saturated rings. The van der Waals surface area contributed by atoms with E-state index in [4.69, 9.17) is 9.47 Å². The molecule has 194 valence electrons. The fourth-order valence-corrected chi connectivity index (χ4v) is 3.79. The maximum atomic E-state index is 12.8. The van der Waals surface area contributed by atoms with Crippen LogP contribution in [0.1, 0.15) is 30.4 Å². The summed E-state index contributed by atoms with van der Waals surface area (Å²) in [6.07, 6.45) is 0.918. The van der Waals surface area contributed by atoms with Crippen LogP contribution in [0.2, 0.25) is 0 Å². The van der Waals surface area contributed by atoms with E-state index < -0.39 is 42.7 Å². The maximum absolute atomic E-state index is 12.8. The van der Waals surface area contributed by atoms with Crippen molar-refractivity contribution in [3.8, 4) is 0 Å². The van der Waals surface area contributed by atoms with Gasteiger partial charge in [-0.3, -0.25) is 19.2 Å². The van der Waals surface area contributed by atoms with Crippen LogP contribution in [0.15, 0.2) is 60.7 Å². The highest BCUT2D eigenvalue weighted by Gasteiger charge is 2.43. The molecule has 0 saturated carbocycles. The van der Waals surface area contributed by atoms with Crippen molar-refractivity contribution in [1.29, 1.82) is 0 Å². The second-order valence-corrected chi connectivity index (χ2v) is 8.19. The number of carbonyl (C=O) groups excluding carboxylic acids is 4. The van der Waals surface area contributed by atoms with Crippen LogP contribution >= 0.6 is 0 Å². The standard InChI is InChI=1S/C26H32N2O8/c29-14-22(24(33)35-16-20-8-3-1-4-9-20)12-7-13-26(27-18-31,28-19-32)23(15-30)25(34)36-17-21-10-5-2-6-11-21/h1-6,8-11,18-19,22-23,29-30H,7,12-17H2,(H,27,31)(H,28,32)/t22-,23-/m1/s1. The van der Waals surface area contributed by atoms with Crippen molar-refractivity contribution in [3.63, 3.8) is 0 Å². The Balaban J connectivity index is 2.03. The fraction of sp³-hybridized carbons (Fsp3) is 0.385. The molecular weight excluding hydrogens is 468 g/mol. The van der Waals surface area contributed by atoms with Gasteiger partial charge in [-0.1, -0.05) is 60.7 Å². The van der Waals surface area contributed by atoms with Crippen LogP contribution in [0, 0.1) is 11.8 Å². The van der Waals surface area contributed by atoms with E-state index in [0.717, 1.165) is 11.1 Å². The highest BCUT2D eigenvalue weighted by Crippen LogP contribution is 2.25. The number of ether oxygens (including phenoxy) is 2. The van der Waals surface area contributed by atoms with E-state index in [1.807, 2.05) is 24.3 Å². The van der Waals surface area contributed by atoms with Gasteiger partial charge in [-0.05, 0) is 30.4 Å². The number of amides is 2. The van der Waals surface area contributed by atoms with E-state index in [-0.39, 0.29) is 32.5 Å². The van der Waals surface area contributed by atoms with E-state index in [0.29, 0.717) is 12.8 Å². The van der Waals surface area contributed by atoms with E-state index in [1.54, 1.807) is 36.4 Å². The molecular formula is C26H32N2O8. The number of esters is 2. The number of hydrogen-bond donors (Lipinski definition) is 4. The minimum atomic E-state index is -1.67. The van der Waals surface area contributed by atoms with Crippen molar-refractivity contribution in [2.75, 3.05) is 13.2 Å². The van der Waals surface area contributed by atoms with E-state index >= 15 is 0 Å². The molecule has 2 aromatic rings. The van der Waals surface area contributed by atoms with Crippen LogP contribution in [-0.2, 0) is 41.9 Å². The first-order valence-electron chi connectivity index (χ1n) is 11.5. The van der Waals surface area contributed by atoms with Crippen molar-refractivity contribution in [2.45, 2.75) is 38.1 Å². The summed E-state index contributed by atoms with van der Waals surface area (Å²) < 4.78 is 10.6. The van der Waals surface area contributed by atoms with Crippen molar-refractivity contribution >= 4 is 24.8 Å². The second-order valence-electron chi connectivity index (χ2n) is 8.19. The summed E-state index contributed by atoms with van der Waals surface area (Å²) in [5.74, 6) is -3.60. The van der Waals surface area contributed by atoms with Gasteiger partial charge in [-0.25, -0.2) is 0 Å². The van der Waals surface area contributed by atoms with Crippen LogP contribution in [0.4, 0.5) is 0 Å². The monoisotopic (exact) mass is 500 g/mol. The SMILES string of the molecule is O=CNC(CCC[C@H](CO)C(=O)OCc1ccccc1)(NC=O)[C@H](CO)C(=O)OCc1ccccc1. The number of aliphatic hydroxyl groups excluding tert-OH is 2. The van der Waals surface area contributed by atoms with Gasteiger partial charge in [0.2, 0.25) is 12.8 Å². The first-order valence-corrected chi connectivity index (χ1v) is 11.5. The van der Waals surface area contributed by atoms with Gasteiger partial charge in [0.05, 0.1) is 19.1 Å². The number of carbonyl (C=O) groups is 4. The maximum Gasteiger partial charge on any atom is 0.315 e. The van der Waals surface area contributed by atoms with Crippen molar-refractivity contribution < 1.29 is 38.9 Å². The van der Waals surface area contributed by atoms with Gasteiger partial charge in [-0.15, -0.1) is 0 Å². The van der Waals surface area contributed by atoms with Gasteiger partial charge < -0.3 is 30.3 Å². The van der Waals surface area contributed by atoms with Crippen LogP contribution in [0.5, 0.6) is 0 Å². The molecule has 0 spiro atoms. The molecule has 10 nitrogen and oxygen atoms in total. The van der Waals surface area contributed by atoms with E-state index in [2.05, 4.69) is 10.6 Å². The summed E-state index contributed by atoms with van der Waals surface area (Å²) in [4.78, 5) is 48.0. The summed E-state index contributed by atoms with van der Waals surface area (Å²) in [7, 11) is 0. The Morgan fingerprint density at radius 2 is 1.31 bits per heavy atom. The smallest absolute Gasteiger partial charge is 0.315 e. The molecule has 2 rings (SSSR count). The molecule has 0 radical (unpaired) electrons. The molecule has 0 aromatic heterocycles. The van der Waals surface area contributed by atoms with Gasteiger partial charge >= 0.3 is 11.9 Å². The topological polar surface area (TPSA) is 151 Å². The molecule has 0 unspecified atom stereocenters. The molecule has 0 bridgehead atoms. The minimum Gasteiger partial charge on any atom is -0.461 e. The number of nitrogens with one attached hydrogen (secondary N) is 2. The lowest BCUT2D eigenvalue weighted by Gasteiger charge is -2.38. The van der Waals surface area contributed by atoms with Gasteiger partial charge in [-0.2, -0.15) is 0 Å². The molecule has 2 aromatic carbocycles. The van der Waals surface area contributed by atoms with Gasteiger partial charge in [0, 0.05) is 0 Å². The Morgan fingerprint density at radius 3 is 1.75 bits per heavy atom. The number of hydrogen-bond acceptors (Lipinski definition) is 8. The Labute approximate surface area is 209 Å². The first-order chi connectivity index (χ1) is 17.5. The molecule has 2 atom stereocenters. The third-order valence-corrected chi connectivity index (χ3v) is 5.82. The molecule has 4 N–H and O–H groups in total. The van der Waals surface area contributed by atoms with E-state index in [9.17, 15) is 29.4 Å².